The molecule has 0 atom stereocenters. The van der Waals surface area contributed by atoms with Gasteiger partial charge in [0.05, 0.1) is 6.21 Å². The maximum Gasteiger partial charge on any atom is 0.329 e. The summed E-state index contributed by atoms with van der Waals surface area (Å²) in [6.45, 7) is 2.03. The van der Waals surface area contributed by atoms with E-state index in [0.29, 0.717) is 28.5 Å². The maximum atomic E-state index is 12.2. The highest BCUT2D eigenvalue weighted by Gasteiger charge is 2.15. The minimum absolute atomic E-state index is 0.133. The van der Waals surface area contributed by atoms with Gasteiger partial charge in [-0.3, -0.25) is 14.4 Å². The number of benzene rings is 3. The van der Waals surface area contributed by atoms with E-state index in [2.05, 4.69) is 21.2 Å². The van der Waals surface area contributed by atoms with Crippen molar-refractivity contribution in [2.24, 2.45) is 5.10 Å². The van der Waals surface area contributed by atoms with Crippen molar-refractivity contribution in [3.05, 3.63) is 83.4 Å². The molecule has 0 radical (unpaired) electrons. The molecule has 184 valence electrons. The van der Waals surface area contributed by atoms with Crippen LogP contribution in [0.1, 0.15) is 16.7 Å². The molecular formula is C26H24N4O6. The number of hydrogen-bond acceptors (Lipinski definition) is 7. The highest BCUT2D eigenvalue weighted by Crippen LogP contribution is 2.32. The Morgan fingerprint density at radius 2 is 1.75 bits per heavy atom. The number of hydrazone groups is 1. The fourth-order valence-electron chi connectivity index (χ4n) is 3.22. The molecule has 10 heteroatoms. The first-order valence-electron chi connectivity index (χ1n) is 11.1. The Morgan fingerprint density at radius 3 is 2.58 bits per heavy atom. The Bertz CT molecular complexity index is 1290. The third kappa shape index (κ3) is 6.60. The molecule has 1 heterocycles. The van der Waals surface area contributed by atoms with Crippen molar-refractivity contribution in [1.82, 2.24) is 10.7 Å². The molecule has 4 rings (SSSR count). The normalized spacial score (nSPS) is 11.7. The summed E-state index contributed by atoms with van der Waals surface area (Å²) in [7, 11) is 0. The van der Waals surface area contributed by atoms with Crippen LogP contribution in [0.5, 0.6) is 17.2 Å². The second kappa shape index (κ2) is 11.5. The summed E-state index contributed by atoms with van der Waals surface area (Å²) in [5.41, 5.74) is 5.20. The molecule has 10 nitrogen and oxygen atoms in total. The fraction of sp³-hybridized carbons (Fsp3) is 0.154. The number of nitrogens with zero attached hydrogens (tertiary/aromatic N) is 1. The number of carbonyl (C=O) groups excluding carboxylic acids is 3. The van der Waals surface area contributed by atoms with Crippen LogP contribution < -0.4 is 30.3 Å². The van der Waals surface area contributed by atoms with Crippen molar-refractivity contribution >= 4 is 29.6 Å². The molecule has 3 aromatic rings. The fourth-order valence-corrected chi connectivity index (χ4v) is 3.22. The average Bonchev–Trinajstić information content (AvgIpc) is 3.36. The molecule has 0 fully saturated rings. The van der Waals surface area contributed by atoms with Crippen LogP contribution in [-0.2, 0) is 20.9 Å². The van der Waals surface area contributed by atoms with Crippen LogP contribution in [0.4, 0.5) is 5.69 Å². The number of ether oxygens (including phenoxy) is 3. The number of hydrogen-bond donors (Lipinski definition) is 3. The lowest BCUT2D eigenvalue weighted by Gasteiger charge is -2.10. The van der Waals surface area contributed by atoms with Crippen molar-refractivity contribution in [2.45, 2.75) is 13.5 Å². The van der Waals surface area contributed by atoms with Gasteiger partial charge in [-0.05, 0) is 48.9 Å². The number of aryl methyl sites for hydroxylation is 1. The van der Waals surface area contributed by atoms with E-state index >= 15 is 0 Å². The number of amides is 3. The van der Waals surface area contributed by atoms with Crippen molar-refractivity contribution in [2.75, 3.05) is 18.7 Å². The quantitative estimate of drug-likeness (QED) is 0.254. The third-order valence-electron chi connectivity index (χ3n) is 5.08. The van der Waals surface area contributed by atoms with E-state index in [1.807, 2.05) is 31.2 Å². The van der Waals surface area contributed by atoms with Crippen LogP contribution >= 0.6 is 0 Å². The summed E-state index contributed by atoms with van der Waals surface area (Å²) in [6, 6.07) is 19.5. The van der Waals surface area contributed by atoms with Crippen LogP contribution in [0.25, 0.3) is 0 Å². The Labute approximate surface area is 207 Å². The van der Waals surface area contributed by atoms with Gasteiger partial charge in [-0.1, -0.05) is 35.9 Å². The van der Waals surface area contributed by atoms with Crippen LogP contribution in [0.15, 0.2) is 71.8 Å². The first-order chi connectivity index (χ1) is 17.5. The lowest BCUT2D eigenvalue weighted by Crippen LogP contribution is -2.37. The molecule has 36 heavy (non-hydrogen) atoms. The first kappa shape index (κ1) is 24.3. The SMILES string of the molecule is Cc1ccc(NC(=O)COc2ccccc2/C=N\NC(=O)C(=O)NCc2ccc3c(c2)OCO3)cc1. The minimum Gasteiger partial charge on any atom is -0.483 e. The van der Waals surface area contributed by atoms with Crippen LogP contribution in [0.3, 0.4) is 0 Å². The monoisotopic (exact) mass is 488 g/mol. The van der Waals surface area contributed by atoms with Gasteiger partial charge in [-0.25, -0.2) is 5.43 Å². The second-order valence-electron chi connectivity index (χ2n) is 7.81. The van der Waals surface area contributed by atoms with Gasteiger partial charge in [-0.15, -0.1) is 0 Å². The van der Waals surface area contributed by atoms with Gasteiger partial charge in [0.15, 0.2) is 18.1 Å². The standard InChI is InChI=1S/C26H24N4O6/c1-17-6-9-20(10-7-17)29-24(31)15-34-21-5-3-2-4-19(21)14-28-30-26(33)25(32)27-13-18-8-11-22-23(12-18)36-16-35-22/h2-12,14H,13,15-16H2,1H3,(H,27,32)(H,29,31)(H,30,33)/b28-14-. The van der Waals surface area contributed by atoms with Gasteiger partial charge in [0.2, 0.25) is 6.79 Å². The van der Waals surface area contributed by atoms with E-state index in [4.69, 9.17) is 14.2 Å². The number of rotatable bonds is 8. The Hall–Kier alpha value is -4.86. The van der Waals surface area contributed by atoms with Crippen molar-refractivity contribution in [3.63, 3.8) is 0 Å². The molecular weight excluding hydrogens is 464 g/mol. The summed E-state index contributed by atoms with van der Waals surface area (Å²) in [5, 5.41) is 9.09. The molecule has 0 saturated carbocycles. The molecule has 0 aliphatic carbocycles. The molecule has 1 aliphatic rings. The van der Waals surface area contributed by atoms with E-state index in [-0.39, 0.29) is 25.9 Å². The number of para-hydroxylation sites is 1. The highest BCUT2D eigenvalue weighted by atomic mass is 16.7. The molecule has 3 amide bonds. The van der Waals surface area contributed by atoms with Gasteiger partial charge in [0.25, 0.3) is 5.91 Å². The smallest absolute Gasteiger partial charge is 0.329 e. The molecule has 0 aromatic heterocycles. The van der Waals surface area contributed by atoms with E-state index in [1.165, 1.54) is 6.21 Å². The molecule has 3 aromatic carbocycles. The lowest BCUT2D eigenvalue weighted by atomic mass is 10.2. The zero-order valence-electron chi connectivity index (χ0n) is 19.4. The second-order valence-corrected chi connectivity index (χ2v) is 7.81. The predicted molar refractivity (Wildman–Crippen MR) is 132 cm³/mol. The zero-order chi connectivity index (χ0) is 25.3. The largest absolute Gasteiger partial charge is 0.483 e. The molecule has 0 unspecified atom stereocenters. The van der Waals surface area contributed by atoms with Gasteiger partial charge in [0.1, 0.15) is 5.75 Å². The minimum atomic E-state index is -0.928. The summed E-state index contributed by atoms with van der Waals surface area (Å²) >= 11 is 0. The van der Waals surface area contributed by atoms with E-state index in [1.54, 1.807) is 42.5 Å². The number of fused-ring (bicyclic) bond motifs is 1. The van der Waals surface area contributed by atoms with Crippen molar-refractivity contribution in [3.8, 4) is 17.2 Å². The summed E-state index contributed by atoms with van der Waals surface area (Å²) < 4.78 is 16.1. The Kier molecular flexibility index (Phi) is 7.76. The zero-order valence-corrected chi connectivity index (χ0v) is 19.4. The molecule has 0 bridgehead atoms. The predicted octanol–water partition coefficient (Wildman–Crippen LogP) is 2.51. The average molecular weight is 489 g/mol. The molecule has 1 aliphatic heterocycles. The van der Waals surface area contributed by atoms with Crippen LogP contribution in [-0.4, -0.2) is 37.3 Å². The van der Waals surface area contributed by atoms with Crippen LogP contribution in [0.2, 0.25) is 0 Å². The van der Waals surface area contributed by atoms with Crippen molar-refractivity contribution in [1.29, 1.82) is 0 Å². The number of anilines is 1. The van der Waals surface area contributed by atoms with Gasteiger partial charge in [-0.2, -0.15) is 5.10 Å². The van der Waals surface area contributed by atoms with E-state index in [0.717, 1.165) is 11.1 Å². The molecule has 0 saturated heterocycles. The topological polar surface area (TPSA) is 127 Å². The van der Waals surface area contributed by atoms with Gasteiger partial charge >= 0.3 is 11.8 Å². The maximum absolute atomic E-state index is 12.2. The van der Waals surface area contributed by atoms with Crippen LogP contribution in [0, 0.1) is 6.92 Å². The lowest BCUT2D eigenvalue weighted by molar-refractivity contribution is -0.139. The number of carbonyl (C=O) groups is 3. The van der Waals surface area contributed by atoms with E-state index < -0.39 is 11.8 Å². The van der Waals surface area contributed by atoms with Gasteiger partial charge in [0, 0.05) is 17.8 Å². The van der Waals surface area contributed by atoms with Gasteiger partial charge < -0.3 is 24.8 Å². The highest BCUT2D eigenvalue weighted by molar-refractivity contribution is 6.35. The third-order valence-corrected chi connectivity index (χ3v) is 5.08. The summed E-state index contributed by atoms with van der Waals surface area (Å²) in [4.78, 5) is 36.3. The van der Waals surface area contributed by atoms with E-state index in [9.17, 15) is 14.4 Å². The Morgan fingerprint density at radius 1 is 0.972 bits per heavy atom. The molecule has 3 N–H and O–H groups in total. The first-order valence-corrected chi connectivity index (χ1v) is 11.1. The number of nitrogens with one attached hydrogen (secondary N) is 3. The summed E-state index contributed by atoms with van der Waals surface area (Å²) in [5.74, 6) is -0.484. The Balaban J connectivity index is 1.25. The van der Waals surface area contributed by atoms with Crippen molar-refractivity contribution < 1.29 is 28.6 Å². The molecule has 0 spiro atoms. The summed E-state index contributed by atoms with van der Waals surface area (Å²) in [6.07, 6.45) is 1.33.